The third-order valence-corrected chi connectivity index (χ3v) is 2.11. The molecule has 19 heavy (non-hydrogen) atoms. The van der Waals surface area contributed by atoms with Crippen molar-refractivity contribution in [3.05, 3.63) is 35.9 Å². The van der Waals surface area contributed by atoms with Gasteiger partial charge in [-0.1, -0.05) is 0 Å². The molecule has 2 heterocycles. The van der Waals surface area contributed by atoms with Crippen molar-refractivity contribution in [3.8, 4) is 6.07 Å². The monoisotopic (exact) mass is 258 g/mol. The summed E-state index contributed by atoms with van der Waals surface area (Å²) in [4.78, 5) is 19.2. The van der Waals surface area contributed by atoms with Crippen molar-refractivity contribution in [2.24, 2.45) is 0 Å². The van der Waals surface area contributed by atoms with Crippen molar-refractivity contribution in [1.82, 2.24) is 9.97 Å². The van der Waals surface area contributed by atoms with Crippen LogP contribution >= 0.6 is 0 Å². The highest BCUT2D eigenvalue weighted by Gasteiger charge is 2.13. The lowest BCUT2D eigenvalue weighted by molar-refractivity contribution is 0.0491. The van der Waals surface area contributed by atoms with Gasteiger partial charge in [-0.05, 0) is 19.1 Å². The SMILES string of the molecule is CCOC(=O)c1cnc(Nc2ccc(C#N)cn2)o1. The molecule has 2 aromatic heterocycles. The van der Waals surface area contributed by atoms with Crippen LogP contribution in [0.25, 0.3) is 0 Å². The van der Waals surface area contributed by atoms with Gasteiger partial charge in [0, 0.05) is 6.20 Å². The summed E-state index contributed by atoms with van der Waals surface area (Å²) in [5, 5.41) is 11.4. The van der Waals surface area contributed by atoms with E-state index in [9.17, 15) is 4.79 Å². The smallest absolute Gasteiger partial charge is 0.376 e. The van der Waals surface area contributed by atoms with Gasteiger partial charge in [0.15, 0.2) is 0 Å². The van der Waals surface area contributed by atoms with Gasteiger partial charge in [-0.15, -0.1) is 0 Å². The number of rotatable bonds is 4. The van der Waals surface area contributed by atoms with Gasteiger partial charge in [0.1, 0.15) is 11.9 Å². The number of esters is 1. The third kappa shape index (κ3) is 3.07. The molecular formula is C12H10N4O3. The number of aromatic nitrogens is 2. The lowest BCUT2D eigenvalue weighted by Crippen LogP contribution is -2.02. The number of carbonyl (C=O) groups is 1. The van der Waals surface area contributed by atoms with Crippen molar-refractivity contribution >= 4 is 17.8 Å². The first-order valence-electron chi connectivity index (χ1n) is 5.49. The van der Waals surface area contributed by atoms with E-state index in [-0.39, 0.29) is 18.4 Å². The predicted molar refractivity (Wildman–Crippen MR) is 64.7 cm³/mol. The zero-order chi connectivity index (χ0) is 13.7. The molecule has 0 aliphatic carbocycles. The van der Waals surface area contributed by atoms with Crippen LogP contribution in [0.4, 0.5) is 11.8 Å². The summed E-state index contributed by atoms with van der Waals surface area (Å²) in [5.74, 6) is -0.106. The van der Waals surface area contributed by atoms with Crippen LogP contribution in [0.3, 0.4) is 0 Å². The highest BCUT2D eigenvalue weighted by molar-refractivity contribution is 5.86. The molecule has 0 saturated carbocycles. The van der Waals surface area contributed by atoms with Gasteiger partial charge < -0.3 is 9.15 Å². The molecule has 96 valence electrons. The number of pyridine rings is 1. The average molecular weight is 258 g/mol. The second-order valence-corrected chi connectivity index (χ2v) is 3.42. The third-order valence-electron chi connectivity index (χ3n) is 2.11. The van der Waals surface area contributed by atoms with Crippen molar-refractivity contribution in [2.75, 3.05) is 11.9 Å². The minimum absolute atomic E-state index is 0.0120. The molecular weight excluding hydrogens is 248 g/mol. The molecule has 7 nitrogen and oxygen atoms in total. The minimum atomic E-state index is -0.573. The van der Waals surface area contributed by atoms with E-state index in [1.807, 2.05) is 6.07 Å². The Morgan fingerprint density at radius 3 is 2.95 bits per heavy atom. The zero-order valence-electron chi connectivity index (χ0n) is 10.1. The van der Waals surface area contributed by atoms with Crippen LogP contribution in [-0.4, -0.2) is 22.5 Å². The Kier molecular flexibility index (Phi) is 3.73. The number of carbonyl (C=O) groups excluding carboxylic acids is 1. The van der Waals surface area contributed by atoms with Gasteiger partial charge in [0.25, 0.3) is 0 Å². The summed E-state index contributed by atoms with van der Waals surface area (Å²) >= 11 is 0. The van der Waals surface area contributed by atoms with Crippen LogP contribution in [0.1, 0.15) is 23.0 Å². The second-order valence-electron chi connectivity index (χ2n) is 3.42. The van der Waals surface area contributed by atoms with E-state index in [1.165, 1.54) is 12.4 Å². The molecule has 0 radical (unpaired) electrons. The molecule has 1 N–H and O–H groups in total. The topological polar surface area (TPSA) is 101 Å². The van der Waals surface area contributed by atoms with E-state index in [1.54, 1.807) is 19.1 Å². The summed E-state index contributed by atoms with van der Waals surface area (Å²) in [6, 6.07) is 5.29. The number of oxazole rings is 1. The number of hydrogen-bond donors (Lipinski definition) is 1. The zero-order valence-corrected chi connectivity index (χ0v) is 10.1. The molecule has 0 spiro atoms. The van der Waals surface area contributed by atoms with Crippen LogP contribution in [0, 0.1) is 11.3 Å². The van der Waals surface area contributed by atoms with Gasteiger partial charge in [-0.3, -0.25) is 5.32 Å². The Bertz CT molecular complexity index is 613. The number of nitrogens with zero attached hydrogens (tertiary/aromatic N) is 3. The second kappa shape index (κ2) is 5.64. The number of anilines is 2. The maximum atomic E-state index is 11.4. The average Bonchev–Trinajstić information content (AvgIpc) is 2.88. The molecule has 2 rings (SSSR count). The summed E-state index contributed by atoms with van der Waals surface area (Å²) in [7, 11) is 0. The van der Waals surface area contributed by atoms with Gasteiger partial charge in [0.2, 0.25) is 5.76 Å². The Morgan fingerprint density at radius 1 is 1.47 bits per heavy atom. The molecule has 2 aromatic rings. The minimum Gasteiger partial charge on any atom is -0.460 e. The lowest BCUT2D eigenvalue weighted by Gasteiger charge is -2.00. The van der Waals surface area contributed by atoms with E-state index in [2.05, 4.69) is 15.3 Å². The molecule has 0 aliphatic heterocycles. The van der Waals surface area contributed by atoms with E-state index in [0.29, 0.717) is 11.4 Å². The highest BCUT2D eigenvalue weighted by Crippen LogP contribution is 2.15. The Hall–Kier alpha value is -2.88. The Labute approximate surface area is 108 Å². The molecule has 0 aliphatic rings. The Morgan fingerprint density at radius 2 is 2.32 bits per heavy atom. The van der Waals surface area contributed by atoms with Crippen molar-refractivity contribution in [2.45, 2.75) is 6.92 Å². The van der Waals surface area contributed by atoms with E-state index in [4.69, 9.17) is 14.4 Å². The summed E-state index contributed by atoms with van der Waals surface area (Å²) in [5.41, 5.74) is 0.449. The molecule has 0 amide bonds. The molecule has 7 heteroatoms. The molecule has 0 aromatic carbocycles. The van der Waals surface area contributed by atoms with E-state index < -0.39 is 5.97 Å². The predicted octanol–water partition coefficient (Wildman–Crippen LogP) is 1.86. The first kappa shape index (κ1) is 12.6. The number of ether oxygens (including phenoxy) is 1. The van der Waals surface area contributed by atoms with Crippen LogP contribution < -0.4 is 5.32 Å². The van der Waals surface area contributed by atoms with Crippen LogP contribution in [0.5, 0.6) is 0 Å². The van der Waals surface area contributed by atoms with Gasteiger partial charge >= 0.3 is 12.0 Å². The summed E-state index contributed by atoms with van der Waals surface area (Å²) < 4.78 is 9.93. The van der Waals surface area contributed by atoms with Crippen LogP contribution in [0.15, 0.2) is 28.9 Å². The van der Waals surface area contributed by atoms with Crippen molar-refractivity contribution in [1.29, 1.82) is 5.26 Å². The van der Waals surface area contributed by atoms with E-state index in [0.717, 1.165) is 0 Å². The largest absolute Gasteiger partial charge is 0.460 e. The van der Waals surface area contributed by atoms with E-state index >= 15 is 0 Å². The summed E-state index contributed by atoms with van der Waals surface area (Å²) in [6.45, 7) is 1.97. The number of nitriles is 1. The van der Waals surface area contributed by atoms with Gasteiger partial charge in [-0.25, -0.2) is 14.8 Å². The quantitative estimate of drug-likeness (QED) is 0.835. The molecule has 0 unspecified atom stereocenters. The maximum absolute atomic E-state index is 11.4. The molecule has 0 saturated heterocycles. The summed E-state index contributed by atoms with van der Waals surface area (Å²) in [6.07, 6.45) is 2.68. The fourth-order valence-electron chi connectivity index (χ4n) is 1.27. The molecule has 0 bridgehead atoms. The Balaban J connectivity index is 2.07. The van der Waals surface area contributed by atoms with Crippen LogP contribution in [0.2, 0.25) is 0 Å². The van der Waals surface area contributed by atoms with Gasteiger partial charge in [0.05, 0.1) is 18.4 Å². The molecule has 0 atom stereocenters. The fraction of sp³-hybridized carbons (Fsp3) is 0.167. The van der Waals surface area contributed by atoms with Gasteiger partial charge in [-0.2, -0.15) is 5.26 Å². The fourth-order valence-corrected chi connectivity index (χ4v) is 1.27. The number of hydrogen-bond acceptors (Lipinski definition) is 7. The van der Waals surface area contributed by atoms with Crippen molar-refractivity contribution in [3.63, 3.8) is 0 Å². The number of nitrogens with one attached hydrogen (secondary N) is 1. The standard InChI is InChI=1S/C12H10N4O3/c1-2-18-11(17)9-7-15-12(19-9)16-10-4-3-8(5-13)6-14-10/h3-4,6-7H,2H2,1H3,(H,14,15,16). The molecule has 0 fully saturated rings. The first-order valence-corrected chi connectivity index (χ1v) is 5.49. The lowest BCUT2D eigenvalue weighted by atomic mass is 10.3. The maximum Gasteiger partial charge on any atom is 0.376 e. The highest BCUT2D eigenvalue weighted by atomic mass is 16.5. The van der Waals surface area contributed by atoms with Crippen LogP contribution in [-0.2, 0) is 4.74 Å². The van der Waals surface area contributed by atoms with Crippen molar-refractivity contribution < 1.29 is 13.9 Å². The normalized spacial score (nSPS) is 9.68. The first-order chi connectivity index (χ1) is 9.22.